The summed E-state index contributed by atoms with van der Waals surface area (Å²) >= 11 is 1.45. The molecular formula is C27H22N4O2S. The molecule has 0 bridgehead atoms. The Morgan fingerprint density at radius 2 is 1.76 bits per heavy atom. The highest BCUT2D eigenvalue weighted by molar-refractivity contribution is 7.99. The number of rotatable bonds is 6. The van der Waals surface area contributed by atoms with Crippen molar-refractivity contribution in [2.75, 3.05) is 5.75 Å². The Hall–Kier alpha value is -3.84. The second-order valence-corrected chi connectivity index (χ2v) is 9.28. The largest absolute Gasteiger partial charge is 0.467 e. The van der Waals surface area contributed by atoms with Crippen LogP contribution in [0.5, 0.6) is 0 Å². The van der Waals surface area contributed by atoms with Crippen LogP contribution in [0.25, 0.3) is 27.6 Å². The van der Waals surface area contributed by atoms with Crippen molar-refractivity contribution >= 4 is 45.1 Å². The number of fused-ring (bicyclic) bond motifs is 5. The van der Waals surface area contributed by atoms with Gasteiger partial charge in [-0.15, -0.1) is 0 Å². The highest BCUT2D eigenvalue weighted by Gasteiger charge is 2.19. The Kier molecular flexibility index (Phi) is 4.99. The van der Waals surface area contributed by atoms with Crippen LogP contribution in [0.2, 0.25) is 0 Å². The number of aromatic nitrogens is 4. The maximum Gasteiger partial charge on any atom is 0.175 e. The summed E-state index contributed by atoms with van der Waals surface area (Å²) in [5.41, 5.74) is 6.36. The van der Waals surface area contributed by atoms with Gasteiger partial charge in [0.15, 0.2) is 10.9 Å². The lowest BCUT2D eigenvalue weighted by Gasteiger charge is -2.09. The molecule has 0 aliphatic heterocycles. The number of nitrogens with zero attached hydrogens (tertiary/aromatic N) is 4. The summed E-state index contributed by atoms with van der Waals surface area (Å²) in [7, 11) is 0. The van der Waals surface area contributed by atoms with E-state index in [1.54, 1.807) is 6.26 Å². The molecule has 0 saturated heterocycles. The molecule has 0 fully saturated rings. The minimum Gasteiger partial charge on any atom is -0.467 e. The zero-order valence-electron chi connectivity index (χ0n) is 18.9. The fourth-order valence-electron chi connectivity index (χ4n) is 4.50. The summed E-state index contributed by atoms with van der Waals surface area (Å²) in [6.07, 6.45) is 1.67. The van der Waals surface area contributed by atoms with Crippen molar-refractivity contribution in [2.45, 2.75) is 25.5 Å². The number of carbonyl (C=O) groups excluding carboxylic acids is 1. The van der Waals surface area contributed by atoms with Crippen molar-refractivity contribution in [2.24, 2.45) is 0 Å². The maximum absolute atomic E-state index is 13.3. The Bertz CT molecular complexity index is 1680. The standard InChI is InChI=1S/C27H22N4O2S/c1-17-14-21(18(2)30(17)15-19-8-7-13-33-19)25(32)16-34-27-29-22-10-4-3-9-20(22)26-28-23-11-5-6-12-24(23)31(26)27/h3-14H,15-16H2,1-2H3. The fourth-order valence-corrected chi connectivity index (χ4v) is 5.40. The van der Waals surface area contributed by atoms with E-state index in [9.17, 15) is 4.79 Å². The summed E-state index contributed by atoms with van der Waals surface area (Å²) in [5, 5.41) is 1.76. The van der Waals surface area contributed by atoms with Gasteiger partial charge >= 0.3 is 0 Å². The topological polar surface area (TPSA) is 65.3 Å². The molecule has 168 valence electrons. The van der Waals surface area contributed by atoms with Crippen molar-refractivity contribution < 1.29 is 9.21 Å². The van der Waals surface area contributed by atoms with E-state index in [0.717, 1.165) is 55.5 Å². The van der Waals surface area contributed by atoms with E-state index in [2.05, 4.69) is 8.97 Å². The van der Waals surface area contributed by atoms with E-state index >= 15 is 0 Å². The van der Waals surface area contributed by atoms with E-state index in [-0.39, 0.29) is 11.5 Å². The number of carbonyl (C=O) groups is 1. The third-order valence-corrected chi connectivity index (χ3v) is 7.15. The third kappa shape index (κ3) is 3.40. The molecule has 0 saturated carbocycles. The number of furan rings is 1. The average Bonchev–Trinajstić information content (AvgIpc) is 3.57. The molecule has 34 heavy (non-hydrogen) atoms. The quantitative estimate of drug-likeness (QED) is 0.169. The monoisotopic (exact) mass is 466 g/mol. The van der Waals surface area contributed by atoms with Crippen molar-refractivity contribution in [3.63, 3.8) is 0 Å². The Morgan fingerprint density at radius 3 is 2.59 bits per heavy atom. The van der Waals surface area contributed by atoms with Crippen molar-refractivity contribution in [1.82, 2.24) is 18.9 Å². The van der Waals surface area contributed by atoms with E-state index in [0.29, 0.717) is 6.54 Å². The number of benzene rings is 2. The van der Waals surface area contributed by atoms with Crippen LogP contribution in [0.1, 0.15) is 27.5 Å². The molecule has 7 heteroatoms. The van der Waals surface area contributed by atoms with E-state index in [4.69, 9.17) is 14.4 Å². The summed E-state index contributed by atoms with van der Waals surface area (Å²) in [4.78, 5) is 23.1. The first-order chi connectivity index (χ1) is 16.6. The summed E-state index contributed by atoms with van der Waals surface area (Å²) in [6, 6.07) is 21.8. The molecule has 0 amide bonds. The minimum absolute atomic E-state index is 0.0799. The van der Waals surface area contributed by atoms with Crippen molar-refractivity contribution in [1.29, 1.82) is 0 Å². The number of imidazole rings is 1. The molecule has 0 atom stereocenters. The molecule has 6 rings (SSSR count). The van der Waals surface area contributed by atoms with E-state index in [1.165, 1.54) is 11.8 Å². The summed E-state index contributed by atoms with van der Waals surface area (Å²) < 4.78 is 9.68. The van der Waals surface area contributed by atoms with Crippen LogP contribution in [0.15, 0.2) is 82.6 Å². The molecule has 0 aliphatic rings. The number of aryl methyl sites for hydroxylation is 1. The van der Waals surface area contributed by atoms with Gasteiger partial charge in [-0.1, -0.05) is 36.0 Å². The minimum atomic E-state index is 0.0799. The highest BCUT2D eigenvalue weighted by atomic mass is 32.2. The lowest BCUT2D eigenvalue weighted by molar-refractivity contribution is 0.102. The first-order valence-corrected chi connectivity index (χ1v) is 12.1. The fraction of sp³-hybridized carbons (Fsp3) is 0.148. The molecule has 0 N–H and O–H groups in total. The number of para-hydroxylation sites is 3. The number of hydrogen-bond donors (Lipinski definition) is 0. The van der Waals surface area contributed by atoms with E-state index in [1.807, 2.05) is 80.6 Å². The van der Waals surface area contributed by atoms with Gasteiger partial charge in [0.1, 0.15) is 11.4 Å². The zero-order chi connectivity index (χ0) is 23.2. The van der Waals surface area contributed by atoms with Gasteiger partial charge in [-0.3, -0.25) is 9.20 Å². The lowest BCUT2D eigenvalue weighted by Crippen LogP contribution is -2.08. The van der Waals surface area contributed by atoms with Gasteiger partial charge in [-0.2, -0.15) is 0 Å². The normalized spacial score (nSPS) is 11.7. The second-order valence-electron chi connectivity index (χ2n) is 8.33. The SMILES string of the molecule is Cc1cc(C(=O)CSc2nc3ccccc3c3nc4ccccc4n23)c(C)n1Cc1ccco1. The highest BCUT2D eigenvalue weighted by Crippen LogP contribution is 2.29. The molecule has 0 aliphatic carbocycles. The predicted octanol–water partition coefficient (Wildman–Crippen LogP) is 6.07. The zero-order valence-corrected chi connectivity index (χ0v) is 19.7. The van der Waals surface area contributed by atoms with E-state index < -0.39 is 0 Å². The number of thioether (sulfide) groups is 1. The molecular weight excluding hydrogens is 444 g/mol. The Balaban J connectivity index is 1.36. The predicted molar refractivity (Wildman–Crippen MR) is 135 cm³/mol. The van der Waals surface area contributed by atoms with Gasteiger partial charge in [-0.05, 0) is 56.3 Å². The summed E-state index contributed by atoms with van der Waals surface area (Å²) in [5.74, 6) is 1.24. The van der Waals surface area contributed by atoms with Crippen molar-refractivity contribution in [3.8, 4) is 0 Å². The molecule has 4 aromatic heterocycles. The van der Waals surface area contributed by atoms with Gasteiger partial charge in [-0.25, -0.2) is 9.97 Å². The van der Waals surface area contributed by atoms with Crippen LogP contribution in [0, 0.1) is 13.8 Å². The van der Waals surface area contributed by atoms with Crippen LogP contribution >= 0.6 is 11.8 Å². The van der Waals surface area contributed by atoms with Gasteiger partial charge in [0, 0.05) is 22.3 Å². The molecule has 6 aromatic rings. The Morgan fingerprint density at radius 1 is 0.971 bits per heavy atom. The molecule has 0 spiro atoms. The smallest absolute Gasteiger partial charge is 0.175 e. The van der Waals surface area contributed by atoms with Crippen LogP contribution < -0.4 is 0 Å². The molecule has 6 nitrogen and oxygen atoms in total. The molecule has 0 unspecified atom stereocenters. The number of Topliss-reactive ketones (excluding diaryl/α,β-unsaturated/α-hetero) is 1. The van der Waals surface area contributed by atoms with Crippen molar-refractivity contribution in [3.05, 3.63) is 95.7 Å². The summed E-state index contributed by atoms with van der Waals surface area (Å²) in [6.45, 7) is 4.62. The number of ketones is 1. The molecule has 2 aromatic carbocycles. The maximum atomic E-state index is 13.3. The van der Waals surface area contributed by atoms with Gasteiger partial charge in [0.2, 0.25) is 0 Å². The third-order valence-electron chi connectivity index (χ3n) is 6.21. The lowest BCUT2D eigenvalue weighted by atomic mass is 10.2. The second kappa shape index (κ2) is 8.18. The first-order valence-electron chi connectivity index (χ1n) is 11.1. The van der Waals surface area contributed by atoms with Crippen LogP contribution in [-0.4, -0.2) is 30.5 Å². The van der Waals surface area contributed by atoms with Crippen LogP contribution in [-0.2, 0) is 6.54 Å². The van der Waals surface area contributed by atoms with Crippen LogP contribution in [0.3, 0.4) is 0 Å². The van der Waals surface area contributed by atoms with Gasteiger partial charge < -0.3 is 8.98 Å². The van der Waals surface area contributed by atoms with Gasteiger partial charge in [0.05, 0.1) is 35.1 Å². The first kappa shape index (κ1) is 20.7. The van der Waals surface area contributed by atoms with Gasteiger partial charge in [0.25, 0.3) is 0 Å². The molecule has 4 heterocycles. The average molecular weight is 467 g/mol. The molecule has 0 radical (unpaired) electrons. The number of hydrogen-bond acceptors (Lipinski definition) is 5. The Labute approximate surface area is 200 Å². The van der Waals surface area contributed by atoms with Crippen LogP contribution in [0.4, 0.5) is 0 Å².